The Hall–Kier alpha value is -1.57. The molecule has 0 N–H and O–H groups in total. The third-order valence-corrected chi connectivity index (χ3v) is 4.36. The van der Waals surface area contributed by atoms with Crippen molar-refractivity contribution in [3.05, 3.63) is 46.1 Å². The fraction of sp³-hybridized carbons (Fsp3) is 0.609. The smallest absolute Gasteiger partial charge is 0.333 e. The van der Waals surface area contributed by atoms with Crippen LogP contribution >= 0.6 is 0 Å². The molecule has 0 aromatic rings. The third-order valence-electron chi connectivity index (χ3n) is 4.36. The molecule has 142 valence electrons. The molecule has 0 aromatic heterocycles. The predicted octanol–water partition coefficient (Wildman–Crippen LogP) is 7.09. The van der Waals surface area contributed by atoms with Crippen molar-refractivity contribution in [2.24, 2.45) is 0 Å². The van der Waals surface area contributed by atoms with E-state index in [1.807, 2.05) is 20.8 Å². The van der Waals surface area contributed by atoms with Gasteiger partial charge in [0.15, 0.2) is 0 Å². The predicted molar refractivity (Wildman–Crippen MR) is 110 cm³/mol. The van der Waals surface area contributed by atoms with Gasteiger partial charge in [0.25, 0.3) is 0 Å². The van der Waals surface area contributed by atoms with Crippen LogP contribution in [0.4, 0.5) is 0 Å². The van der Waals surface area contributed by atoms with Crippen molar-refractivity contribution in [3.8, 4) is 0 Å². The molecule has 0 aliphatic rings. The summed E-state index contributed by atoms with van der Waals surface area (Å²) in [6.45, 7) is 14.9. The second-order valence-corrected chi connectivity index (χ2v) is 7.12. The van der Waals surface area contributed by atoms with E-state index in [9.17, 15) is 4.79 Å². The first-order valence-corrected chi connectivity index (χ1v) is 9.56. The Morgan fingerprint density at radius 3 is 1.72 bits per heavy atom. The lowest BCUT2D eigenvalue weighted by Gasteiger charge is -2.06. The van der Waals surface area contributed by atoms with E-state index in [2.05, 4.69) is 45.9 Å². The fourth-order valence-corrected chi connectivity index (χ4v) is 2.48. The van der Waals surface area contributed by atoms with E-state index < -0.39 is 0 Å². The lowest BCUT2D eigenvalue weighted by atomic mass is 10.0. The topological polar surface area (TPSA) is 26.3 Å². The SMILES string of the molecule is CCOC(=O)/C(C)=C(\C)CC/C=C(\C)CC/C=C(\C)CCC=C(C)C. The number of carbonyl (C=O) groups is 1. The first kappa shape index (κ1) is 23.4. The van der Waals surface area contributed by atoms with Crippen LogP contribution in [0.2, 0.25) is 0 Å². The quantitative estimate of drug-likeness (QED) is 0.227. The van der Waals surface area contributed by atoms with Crippen LogP contribution < -0.4 is 0 Å². The summed E-state index contributed by atoms with van der Waals surface area (Å²) < 4.78 is 5.05. The molecule has 0 fully saturated rings. The van der Waals surface area contributed by atoms with Gasteiger partial charge in [-0.25, -0.2) is 4.79 Å². The fourth-order valence-electron chi connectivity index (χ4n) is 2.48. The highest BCUT2D eigenvalue weighted by Crippen LogP contribution is 2.15. The van der Waals surface area contributed by atoms with Gasteiger partial charge in [-0.2, -0.15) is 0 Å². The first-order chi connectivity index (χ1) is 11.8. The minimum atomic E-state index is -0.186. The summed E-state index contributed by atoms with van der Waals surface area (Å²) in [6.07, 6.45) is 13.4. The summed E-state index contributed by atoms with van der Waals surface area (Å²) in [7, 11) is 0. The Bertz CT molecular complexity index is 526. The molecule has 0 radical (unpaired) electrons. The summed E-state index contributed by atoms with van der Waals surface area (Å²) in [6, 6.07) is 0. The van der Waals surface area contributed by atoms with Crippen LogP contribution in [0.25, 0.3) is 0 Å². The highest BCUT2D eigenvalue weighted by atomic mass is 16.5. The maximum atomic E-state index is 11.7. The molecule has 0 saturated carbocycles. The summed E-state index contributed by atoms with van der Waals surface area (Å²) in [5.41, 5.74) is 6.18. The minimum Gasteiger partial charge on any atom is -0.463 e. The molecule has 0 rings (SSSR count). The number of hydrogen-bond acceptors (Lipinski definition) is 2. The molecule has 2 nitrogen and oxygen atoms in total. The van der Waals surface area contributed by atoms with Crippen molar-refractivity contribution in [1.82, 2.24) is 0 Å². The van der Waals surface area contributed by atoms with E-state index >= 15 is 0 Å². The molecule has 0 unspecified atom stereocenters. The van der Waals surface area contributed by atoms with Crippen LogP contribution in [0.3, 0.4) is 0 Å². The Morgan fingerprint density at radius 2 is 1.24 bits per heavy atom. The molecule has 0 amide bonds. The van der Waals surface area contributed by atoms with Crippen LogP contribution in [0, 0.1) is 0 Å². The minimum absolute atomic E-state index is 0.186. The lowest BCUT2D eigenvalue weighted by Crippen LogP contribution is -2.07. The Balaban J connectivity index is 4.23. The molecule has 25 heavy (non-hydrogen) atoms. The zero-order valence-corrected chi connectivity index (χ0v) is 17.5. The molecule has 0 spiro atoms. The van der Waals surface area contributed by atoms with Crippen molar-refractivity contribution >= 4 is 5.97 Å². The van der Waals surface area contributed by atoms with Gasteiger partial charge in [-0.1, -0.05) is 40.5 Å². The summed E-state index contributed by atoms with van der Waals surface area (Å²) in [5, 5.41) is 0. The number of hydrogen-bond donors (Lipinski definition) is 0. The standard InChI is InChI=1S/C23H38O2/c1-8-25-23(24)22(7)21(6)17-11-16-20(5)15-10-14-19(4)13-9-12-18(2)3/h12,14,16H,8-11,13,15,17H2,1-7H3/b19-14+,20-16+,22-21+. The summed E-state index contributed by atoms with van der Waals surface area (Å²) in [4.78, 5) is 11.7. The molecular weight excluding hydrogens is 308 g/mol. The highest BCUT2D eigenvalue weighted by molar-refractivity contribution is 5.88. The van der Waals surface area contributed by atoms with Crippen molar-refractivity contribution in [2.45, 2.75) is 87.0 Å². The molecular formula is C23H38O2. The summed E-state index contributed by atoms with van der Waals surface area (Å²) in [5.74, 6) is -0.186. The van der Waals surface area contributed by atoms with Crippen molar-refractivity contribution in [2.75, 3.05) is 6.61 Å². The number of carbonyl (C=O) groups excluding carboxylic acids is 1. The second kappa shape index (κ2) is 13.7. The number of allylic oxidation sites excluding steroid dienone is 7. The van der Waals surface area contributed by atoms with E-state index in [4.69, 9.17) is 4.74 Å². The maximum absolute atomic E-state index is 11.7. The highest BCUT2D eigenvalue weighted by Gasteiger charge is 2.07. The van der Waals surface area contributed by atoms with Gasteiger partial charge >= 0.3 is 5.97 Å². The van der Waals surface area contributed by atoms with Gasteiger partial charge in [-0.3, -0.25) is 0 Å². The molecule has 2 heteroatoms. The van der Waals surface area contributed by atoms with Crippen molar-refractivity contribution in [3.63, 3.8) is 0 Å². The normalized spacial score (nSPS) is 13.4. The van der Waals surface area contributed by atoms with E-state index in [0.717, 1.165) is 49.7 Å². The number of esters is 1. The summed E-state index contributed by atoms with van der Waals surface area (Å²) >= 11 is 0. The van der Waals surface area contributed by atoms with Gasteiger partial charge in [0.2, 0.25) is 0 Å². The van der Waals surface area contributed by atoms with Crippen molar-refractivity contribution in [1.29, 1.82) is 0 Å². The van der Waals surface area contributed by atoms with Crippen LogP contribution in [0.15, 0.2) is 46.1 Å². The molecule has 0 atom stereocenters. The van der Waals surface area contributed by atoms with Crippen LogP contribution in [-0.2, 0) is 9.53 Å². The maximum Gasteiger partial charge on any atom is 0.333 e. The van der Waals surface area contributed by atoms with Crippen LogP contribution in [0.1, 0.15) is 87.0 Å². The average Bonchev–Trinajstić information content (AvgIpc) is 2.53. The van der Waals surface area contributed by atoms with Crippen molar-refractivity contribution < 1.29 is 9.53 Å². The number of rotatable bonds is 11. The van der Waals surface area contributed by atoms with Crippen LogP contribution in [-0.4, -0.2) is 12.6 Å². The van der Waals surface area contributed by atoms with E-state index in [1.165, 1.54) is 16.7 Å². The van der Waals surface area contributed by atoms with E-state index in [0.29, 0.717) is 6.61 Å². The Morgan fingerprint density at radius 1 is 0.760 bits per heavy atom. The van der Waals surface area contributed by atoms with Gasteiger partial charge in [0, 0.05) is 5.57 Å². The monoisotopic (exact) mass is 346 g/mol. The van der Waals surface area contributed by atoms with Crippen LogP contribution in [0.5, 0.6) is 0 Å². The average molecular weight is 347 g/mol. The van der Waals surface area contributed by atoms with Gasteiger partial charge in [0.05, 0.1) is 6.61 Å². The van der Waals surface area contributed by atoms with Gasteiger partial charge < -0.3 is 4.74 Å². The first-order valence-electron chi connectivity index (χ1n) is 9.56. The van der Waals surface area contributed by atoms with E-state index in [-0.39, 0.29) is 5.97 Å². The molecule has 0 aromatic carbocycles. The van der Waals surface area contributed by atoms with Gasteiger partial charge in [-0.05, 0) is 87.0 Å². The van der Waals surface area contributed by atoms with Gasteiger partial charge in [-0.15, -0.1) is 0 Å². The molecule has 0 aliphatic carbocycles. The lowest BCUT2D eigenvalue weighted by molar-refractivity contribution is -0.138. The largest absolute Gasteiger partial charge is 0.463 e. The molecule has 0 heterocycles. The zero-order valence-electron chi connectivity index (χ0n) is 17.5. The zero-order chi connectivity index (χ0) is 19.2. The van der Waals surface area contributed by atoms with E-state index in [1.54, 1.807) is 0 Å². The third kappa shape index (κ3) is 12.4. The van der Waals surface area contributed by atoms with Gasteiger partial charge in [0.1, 0.15) is 0 Å². The number of ether oxygens (including phenoxy) is 1. The molecule has 0 bridgehead atoms. The molecule has 0 aliphatic heterocycles. The Kier molecular flexibility index (Phi) is 12.8. The molecule has 0 saturated heterocycles. The Labute approximate surface area is 155 Å². The second-order valence-electron chi connectivity index (χ2n) is 7.12.